The van der Waals surface area contributed by atoms with Crippen molar-refractivity contribution in [3.63, 3.8) is 0 Å². The molecule has 164 valence electrons. The van der Waals surface area contributed by atoms with Gasteiger partial charge in [-0.1, -0.05) is 30.7 Å². The Bertz CT molecular complexity index is 909. The van der Waals surface area contributed by atoms with Crippen LogP contribution in [-0.4, -0.2) is 60.4 Å². The predicted octanol–water partition coefficient (Wildman–Crippen LogP) is 3.58. The van der Waals surface area contributed by atoms with E-state index in [-0.39, 0.29) is 24.3 Å². The maximum Gasteiger partial charge on any atom is 0.251 e. The smallest absolute Gasteiger partial charge is 0.251 e. The maximum atomic E-state index is 13.1. The molecule has 0 saturated carbocycles. The second-order valence-corrected chi connectivity index (χ2v) is 8.50. The van der Waals surface area contributed by atoms with Crippen molar-refractivity contribution in [2.24, 2.45) is 0 Å². The molecule has 7 heteroatoms. The summed E-state index contributed by atoms with van der Waals surface area (Å²) in [5, 5.41) is 0.741. The van der Waals surface area contributed by atoms with Crippen molar-refractivity contribution in [1.29, 1.82) is 0 Å². The Kier molecular flexibility index (Phi) is 6.90. The van der Waals surface area contributed by atoms with E-state index in [1.807, 2.05) is 43.3 Å². The lowest BCUT2D eigenvalue weighted by molar-refractivity contribution is -0.123. The van der Waals surface area contributed by atoms with E-state index in [2.05, 4.69) is 9.80 Å². The molecule has 0 aromatic heterocycles. The first-order chi connectivity index (χ1) is 15.0. The fourth-order valence-electron chi connectivity index (χ4n) is 4.16. The van der Waals surface area contributed by atoms with Gasteiger partial charge in [-0.2, -0.15) is 0 Å². The SMILES string of the molecule is CCCOc1ccc(N2C(=O)C[C@H](N3CCN(Cc4ccc(Cl)cc4)CC3)C2=O)cc1. The largest absolute Gasteiger partial charge is 0.494 e. The highest BCUT2D eigenvalue weighted by Crippen LogP contribution is 2.28. The molecule has 0 unspecified atom stereocenters. The molecule has 0 spiro atoms. The van der Waals surface area contributed by atoms with Gasteiger partial charge in [-0.3, -0.25) is 19.4 Å². The minimum absolute atomic E-state index is 0.127. The molecule has 2 aromatic carbocycles. The number of hydrogen-bond donors (Lipinski definition) is 0. The topological polar surface area (TPSA) is 53.1 Å². The van der Waals surface area contributed by atoms with E-state index in [9.17, 15) is 9.59 Å². The van der Waals surface area contributed by atoms with Crippen LogP contribution in [-0.2, 0) is 16.1 Å². The number of carbonyl (C=O) groups is 2. The number of hydrogen-bond acceptors (Lipinski definition) is 5. The second kappa shape index (κ2) is 9.81. The van der Waals surface area contributed by atoms with E-state index in [0.717, 1.165) is 49.9 Å². The summed E-state index contributed by atoms with van der Waals surface area (Å²) in [6.45, 7) is 6.83. The summed E-state index contributed by atoms with van der Waals surface area (Å²) >= 11 is 5.97. The third-order valence-corrected chi connectivity index (χ3v) is 6.11. The molecule has 4 rings (SSSR count). The second-order valence-electron chi connectivity index (χ2n) is 8.07. The van der Waals surface area contributed by atoms with Gasteiger partial charge in [-0.15, -0.1) is 0 Å². The zero-order chi connectivity index (χ0) is 21.8. The molecule has 2 heterocycles. The van der Waals surface area contributed by atoms with Gasteiger partial charge in [0.05, 0.1) is 24.8 Å². The van der Waals surface area contributed by atoms with Crippen LogP contribution in [0.1, 0.15) is 25.3 Å². The average Bonchev–Trinajstić information content (AvgIpc) is 3.09. The quantitative estimate of drug-likeness (QED) is 0.615. The van der Waals surface area contributed by atoms with Crippen LogP contribution in [0.25, 0.3) is 0 Å². The highest BCUT2D eigenvalue weighted by atomic mass is 35.5. The van der Waals surface area contributed by atoms with Crippen LogP contribution < -0.4 is 9.64 Å². The molecule has 2 aliphatic heterocycles. The number of halogens is 1. The van der Waals surface area contributed by atoms with Crippen molar-refractivity contribution >= 4 is 29.1 Å². The highest BCUT2D eigenvalue weighted by Gasteiger charge is 2.43. The van der Waals surface area contributed by atoms with Gasteiger partial charge in [0.15, 0.2) is 0 Å². The summed E-state index contributed by atoms with van der Waals surface area (Å²) in [6, 6.07) is 14.7. The number of nitrogens with zero attached hydrogens (tertiary/aromatic N) is 3. The van der Waals surface area contributed by atoms with Gasteiger partial charge in [0.2, 0.25) is 5.91 Å². The van der Waals surface area contributed by atoms with Crippen molar-refractivity contribution < 1.29 is 14.3 Å². The van der Waals surface area contributed by atoms with Gasteiger partial charge in [-0.25, -0.2) is 4.90 Å². The molecule has 0 bridgehead atoms. The minimum atomic E-state index is -0.374. The molecule has 31 heavy (non-hydrogen) atoms. The molecule has 2 fully saturated rings. The third-order valence-electron chi connectivity index (χ3n) is 5.86. The van der Waals surface area contributed by atoms with Crippen LogP contribution in [0, 0.1) is 0 Å². The number of rotatable bonds is 7. The van der Waals surface area contributed by atoms with Gasteiger partial charge in [-0.05, 0) is 48.4 Å². The van der Waals surface area contributed by atoms with Crippen LogP contribution in [0.3, 0.4) is 0 Å². The van der Waals surface area contributed by atoms with Crippen molar-refractivity contribution in [3.8, 4) is 5.75 Å². The number of piperazine rings is 1. The first-order valence-corrected chi connectivity index (χ1v) is 11.2. The summed E-state index contributed by atoms with van der Waals surface area (Å²) in [6.07, 6.45) is 1.17. The van der Waals surface area contributed by atoms with E-state index < -0.39 is 0 Å². The molecule has 6 nitrogen and oxygen atoms in total. The summed E-state index contributed by atoms with van der Waals surface area (Å²) in [5.74, 6) is 0.484. The van der Waals surface area contributed by atoms with Crippen molar-refractivity contribution in [2.75, 3.05) is 37.7 Å². The van der Waals surface area contributed by atoms with Crippen molar-refractivity contribution in [3.05, 3.63) is 59.1 Å². The standard InChI is InChI=1S/C24H28ClN3O3/c1-2-15-31-21-9-7-20(8-10-21)28-23(29)16-22(24(28)30)27-13-11-26(12-14-27)17-18-3-5-19(25)6-4-18/h3-10,22H,2,11-17H2,1H3/t22-/m0/s1. The van der Waals surface area contributed by atoms with E-state index in [4.69, 9.17) is 16.3 Å². The maximum absolute atomic E-state index is 13.1. The Labute approximate surface area is 188 Å². The molecule has 2 amide bonds. The molecular formula is C24H28ClN3O3. The molecule has 0 N–H and O–H groups in total. The van der Waals surface area contributed by atoms with Crippen molar-refractivity contribution in [1.82, 2.24) is 9.80 Å². The van der Waals surface area contributed by atoms with Crippen LogP contribution in [0.2, 0.25) is 5.02 Å². The Hall–Kier alpha value is -2.41. The van der Waals surface area contributed by atoms with Gasteiger partial charge in [0.25, 0.3) is 5.91 Å². The molecule has 0 aliphatic carbocycles. The third kappa shape index (κ3) is 5.09. The number of ether oxygens (including phenoxy) is 1. The summed E-state index contributed by atoms with van der Waals surface area (Å²) in [5.41, 5.74) is 1.84. The molecule has 2 aromatic rings. The molecule has 2 aliphatic rings. The lowest BCUT2D eigenvalue weighted by Gasteiger charge is -2.37. The molecule has 2 saturated heterocycles. The van der Waals surface area contributed by atoms with E-state index in [1.54, 1.807) is 12.1 Å². The summed E-state index contributed by atoms with van der Waals surface area (Å²) in [7, 11) is 0. The Morgan fingerprint density at radius 2 is 1.65 bits per heavy atom. The zero-order valence-corrected chi connectivity index (χ0v) is 18.6. The zero-order valence-electron chi connectivity index (χ0n) is 17.8. The minimum Gasteiger partial charge on any atom is -0.494 e. The number of benzene rings is 2. The summed E-state index contributed by atoms with van der Waals surface area (Å²) in [4.78, 5) is 31.6. The molecule has 0 radical (unpaired) electrons. The van der Waals surface area contributed by atoms with Gasteiger partial charge < -0.3 is 4.74 Å². The summed E-state index contributed by atoms with van der Waals surface area (Å²) < 4.78 is 5.59. The van der Waals surface area contributed by atoms with Crippen LogP contribution in [0.15, 0.2) is 48.5 Å². The Morgan fingerprint density at radius 3 is 2.29 bits per heavy atom. The number of anilines is 1. The molecular weight excluding hydrogens is 414 g/mol. The number of imide groups is 1. The lowest BCUT2D eigenvalue weighted by atomic mass is 10.1. The molecule has 1 atom stereocenters. The average molecular weight is 442 g/mol. The predicted molar refractivity (Wildman–Crippen MR) is 121 cm³/mol. The van der Waals surface area contributed by atoms with Crippen LogP contribution in [0.5, 0.6) is 5.75 Å². The lowest BCUT2D eigenvalue weighted by Crippen LogP contribution is -2.52. The fraction of sp³-hybridized carbons (Fsp3) is 0.417. The van der Waals surface area contributed by atoms with Crippen LogP contribution >= 0.6 is 11.6 Å². The fourth-order valence-corrected chi connectivity index (χ4v) is 4.29. The number of amides is 2. The first kappa shape index (κ1) is 21.8. The van der Waals surface area contributed by atoms with Gasteiger partial charge >= 0.3 is 0 Å². The highest BCUT2D eigenvalue weighted by molar-refractivity contribution is 6.30. The van der Waals surface area contributed by atoms with Gasteiger partial charge in [0.1, 0.15) is 5.75 Å². The monoisotopic (exact) mass is 441 g/mol. The van der Waals surface area contributed by atoms with Crippen molar-refractivity contribution in [2.45, 2.75) is 32.4 Å². The van der Waals surface area contributed by atoms with E-state index in [1.165, 1.54) is 10.5 Å². The van der Waals surface area contributed by atoms with E-state index in [0.29, 0.717) is 12.3 Å². The van der Waals surface area contributed by atoms with Gasteiger partial charge in [0, 0.05) is 37.7 Å². The Balaban J connectivity index is 1.34. The van der Waals surface area contributed by atoms with Crippen LogP contribution in [0.4, 0.5) is 5.69 Å². The first-order valence-electron chi connectivity index (χ1n) is 10.9. The normalized spacial score (nSPS) is 20.5. The Morgan fingerprint density at radius 1 is 0.968 bits per heavy atom. The number of carbonyl (C=O) groups excluding carboxylic acids is 2. The van der Waals surface area contributed by atoms with E-state index >= 15 is 0 Å².